The van der Waals surface area contributed by atoms with Crippen LogP contribution < -0.4 is 5.73 Å². The lowest BCUT2D eigenvalue weighted by molar-refractivity contribution is 0.144. The van der Waals surface area contributed by atoms with Gasteiger partial charge in [-0.15, -0.1) is 0 Å². The topological polar surface area (TPSA) is 29.3 Å². The minimum Gasteiger partial charge on any atom is -0.326 e. The lowest BCUT2D eigenvalue weighted by Gasteiger charge is -2.36. The van der Waals surface area contributed by atoms with Gasteiger partial charge in [0.2, 0.25) is 0 Å². The third-order valence-corrected chi connectivity index (χ3v) is 3.35. The molecule has 0 aromatic heterocycles. The van der Waals surface area contributed by atoms with E-state index in [4.69, 9.17) is 17.3 Å². The predicted octanol–water partition coefficient (Wildman–Crippen LogP) is 3.46. The monoisotopic (exact) mass is 254 g/mol. The van der Waals surface area contributed by atoms with Crippen LogP contribution in [0.4, 0.5) is 0 Å². The highest BCUT2D eigenvalue weighted by atomic mass is 35.5. The van der Waals surface area contributed by atoms with Gasteiger partial charge in [-0.2, -0.15) is 0 Å². The summed E-state index contributed by atoms with van der Waals surface area (Å²) in [5, 5.41) is 0.768. The molecule has 1 rings (SSSR count). The van der Waals surface area contributed by atoms with Crippen LogP contribution >= 0.6 is 11.6 Å². The van der Waals surface area contributed by atoms with Gasteiger partial charge in [-0.1, -0.05) is 30.7 Å². The number of hydrogen-bond donors (Lipinski definition) is 1. The predicted molar refractivity (Wildman–Crippen MR) is 75.4 cm³/mol. The van der Waals surface area contributed by atoms with Gasteiger partial charge in [0, 0.05) is 23.1 Å². The number of benzene rings is 1. The normalized spacial score (nSPS) is 15.3. The number of nitrogens with zero attached hydrogens (tertiary/aromatic N) is 1. The molecule has 0 saturated carbocycles. The molecule has 1 aromatic rings. The van der Waals surface area contributed by atoms with Crippen molar-refractivity contribution < 1.29 is 0 Å². The fourth-order valence-corrected chi connectivity index (χ4v) is 2.47. The first-order valence-electron chi connectivity index (χ1n) is 6.24. The van der Waals surface area contributed by atoms with Crippen LogP contribution in [0, 0.1) is 0 Å². The fourth-order valence-electron chi connectivity index (χ4n) is 2.34. The Hall–Kier alpha value is -0.570. The maximum atomic E-state index is 6.15. The molecule has 0 spiro atoms. The van der Waals surface area contributed by atoms with Crippen LogP contribution in [-0.2, 0) is 0 Å². The van der Waals surface area contributed by atoms with Crippen LogP contribution in [0.5, 0.6) is 0 Å². The van der Waals surface area contributed by atoms with E-state index in [1.807, 2.05) is 12.1 Å². The molecule has 2 atom stereocenters. The first-order valence-corrected chi connectivity index (χ1v) is 6.62. The van der Waals surface area contributed by atoms with E-state index in [2.05, 4.69) is 44.7 Å². The molecule has 2 N–H and O–H groups in total. The van der Waals surface area contributed by atoms with Gasteiger partial charge in [-0.25, -0.2) is 0 Å². The molecule has 0 saturated heterocycles. The van der Waals surface area contributed by atoms with Crippen molar-refractivity contribution in [3.05, 3.63) is 34.9 Å². The van der Waals surface area contributed by atoms with Crippen LogP contribution in [0.25, 0.3) is 0 Å². The summed E-state index contributed by atoms with van der Waals surface area (Å²) in [4.78, 5) is 2.41. The number of nitrogens with two attached hydrogens (primary N) is 1. The van der Waals surface area contributed by atoms with Crippen LogP contribution in [0.15, 0.2) is 24.3 Å². The van der Waals surface area contributed by atoms with Crippen molar-refractivity contribution in [1.29, 1.82) is 0 Å². The van der Waals surface area contributed by atoms with Crippen molar-refractivity contribution in [2.45, 2.75) is 45.8 Å². The van der Waals surface area contributed by atoms with Crippen LogP contribution in [0.1, 0.15) is 39.3 Å². The standard InChI is InChI=1S/C14H23ClN2/c1-5-17(10(2)3)14(11(4)16)12-6-8-13(15)9-7-12/h6-11,14H,5,16H2,1-4H3. The molecule has 2 nitrogen and oxygen atoms in total. The van der Waals surface area contributed by atoms with Gasteiger partial charge in [-0.3, -0.25) is 4.90 Å². The lowest BCUT2D eigenvalue weighted by Crippen LogP contribution is -2.43. The van der Waals surface area contributed by atoms with E-state index in [0.29, 0.717) is 6.04 Å². The van der Waals surface area contributed by atoms with Crippen molar-refractivity contribution in [2.75, 3.05) is 6.54 Å². The zero-order valence-corrected chi connectivity index (χ0v) is 11.9. The Kier molecular flexibility index (Phi) is 5.44. The smallest absolute Gasteiger partial charge is 0.0499 e. The second kappa shape index (κ2) is 6.39. The Morgan fingerprint density at radius 3 is 2.06 bits per heavy atom. The number of halogens is 1. The van der Waals surface area contributed by atoms with Crippen molar-refractivity contribution in [3.8, 4) is 0 Å². The number of likely N-dealkylation sites (N-methyl/N-ethyl adjacent to an activating group) is 1. The maximum Gasteiger partial charge on any atom is 0.0499 e. The molecule has 0 bridgehead atoms. The van der Waals surface area contributed by atoms with Crippen molar-refractivity contribution in [3.63, 3.8) is 0 Å². The summed E-state index contributed by atoms with van der Waals surface area (Å²) in [5.41, 5.74) is 7.38. The SMILES string of the molecule is CCN(C(C)C)C(c1ccc(Cl)cc1)C(C)N. The van der Waals surface area contributed by atoms with E-state index in [9.17, 15) is 0 Å². The maximum absolute atomic E-state index is 6.15. The van der Waals surface area contributed by atoms with Crippen LogP contribution in [-0.4, -0.2) is 23.5 Å². The zero-order valence-electron chi connectivity index (χ0n) is 11.2. The molecule has 1 aromatic carbocycles. The summed E-state index contributed by atoms with van der Waals surface area (Å²) < 4.78 is 0. The third kappa shape index (κ3) is 3.70. The molecule has 2 unspecified atom stereocenters. The Balaban J connectivity index is 3.03. The van der Waals surface area contributed by atoms with E-state index in [1.165, 1.54) is 5.56 Å². The van der Waals surface area contributed by atoms with Gasteiger partial charge in [0.05, 0.1) is 0 Å². The molecule has 0 amide bonds. The van der Waals surface area contributed by atoms with E-state index in [0.717, 1.165) is 11.6 Å². The quantitative estimate of drug-likeness (QED) is 0.872. The van der Waals surface area contributed by atoms with Crippen molar-refractivity contribution in [1.82, 2.24) is 4.90 Å². The van der Waals surface area contributed by atoms with Gasteiger partial charge in [0.15, 0.2) is 0 Å². The van der Waals surface area contributed by atoms with Crippen LogP contribution in [0.3, 0.4) is 0 Å². The number of rotatable bonds is 5. The zero-order chi connectivity index (χ0) is 13.0. The molecule has 0 aliphatic rings. The van der Waals surface area contributed by atoms with Gasteiger partial charge < -0.3 is 5.73 Å². The summed E-state index contributed by atoms with van der Waals surface area (Å²) in [5.74, 6) is 0. The van der Waals surface area contributed by atoms with Gasteiger partial charge in [0.25, 0.3) is 0 Å². The molecular formula is C14H23ClN2. The molecule has 3 heteroatoms. The van der Waals surface area contributed by atoms with E-state index < -0.39 is 0 Å². The third-order valence-electron chi connectivity index (χ3n) is 3.10. The largest absolute Gasteiger partial charge is 0.326 e. The highest BCUT2D eigenvalue weighted by Crippen LogP contribution is 2.26. The molecule has 17 heavy (non-hydrogen) atoms. The summed E-state index contributed by atoms with van der Waals surface area (Å²) in [6.45, 7) is 9.63. The Morgan fingerprint density at radius 1 is 1.18 bits per heavy atom. The lowest BCUT2D eigenvalue weighted by atomic mass is 9.98. The van der Waals surface area contributed by atoms with Gasteiger partial charge in [-0.05, 0) is 45.0 Å². The molecule has 0 fully saturated rings. The molecule has 0 aliphatic heterocycles. The summed E-state index contributed by atoms with van der Waals surface area (Å²) in [6.07, 6.45) is 0. The van der Waals surface area contributed by atoms with E-state index >= 15 is 0 Å². The first kappa shape index (κ1) is 14.5. The Labute approximate surface area is 110 Å². The second-order valence-electron chi connectivity index (χ2n) is 4.78. The minimum atomic E-state index is 0.0959. The molecular weight excluding hydrogens is 232 g/mol. The van der Waals surface area contributed by atoms with Crippen LogP contribution in [0.2, 0.25) is 5.02 Å². The van der Waals surface area contributed by atoms with Crippen molar-refractivity contribution in [2.24, 2.45) is 5.73 Å². The van der Waals surface area contributed by atoms with E-state index in [-0.39, 0.29) is 12.1 Å². The highest BCUT2D eigenvalue weighted by Gasteiger charge is 2.24. The molecule has 96 valence electrons. The fraction of sp³-hybridized carbons (Fsp3) is 0.571. The van der Waals surface area contributed by atoms with E-state index in [1.54, 1.807) is 0 Å². The minimum absolute atomic E-state index is 0.0959. The Bertz CT molecular complexity index is 333. The summed E-state index contributed by atoms with van der Waals surface area (Å²) >= 11 is 5.93. The average molecular weight is 255 g/mol. The van der Waals surface area contributed by atoms with Crippen molar-refractivity contribution >= 4 is 11.6 Å². The van der Waals surface area contributed by atoms with Gasteiger partial charge in [0.1, 0.15) is 0 Å². The number of hydrogen-bond acceptors (Lipinski definition) is 2. The first-order chi connectivity index (χ1) is 7.97. The Morgan fingerprint density at radius 2 is 1.71 bits per heavy atom. The molecule has 0 aliphatic carbocycles. The second-order valence-corrected chi connectivity index (χ2v) is 5.22. The highest BCUT2D eigenvalue weighted by molar-refractivity contribution is 6.30. The van der Waals surface area contributed by atoms with Gasteiger partial charge >= 0.3 is 0 Å². The molecule has 0 radical (unpaired) electrons. The summed E-state index contributed by atoms with van der Waals surface area (Å²) in [6, 6.07) is 8.83. The molecule has 0 heterocycles. The summed E-state index contributed by atoms with van der Waals surface area (Å²) in [7, 11) is 0. The average Bonchev–Trinajstić information content (AvgIpc) is 2.26.